The highest BCUT2D eigenvalue weighted by Crippen LogP contribution is 2.32. The summed E-state index contributed by atoms with van der Waals surface area (Å²) in [6.45, 7) is 5.53. The highest BCUT2D eigenvalue weighted by atomic mass is 19.1. The summed E-state index contributed by atoms with van der Waals surface area (Å²) < 4.78 is 22.0. The lowest BCUT2D eigenvalue weighted by Crippen LogP contribution is -2.50. The molecule has 194 valence electrons. The number of hydrogen-bond acceptors (Lipinski definition) is 3. The Labute approximate surface area is 221 Å². The molecule has 0 unspecified atom stereocenters. The fraction of sp³-hybridized carbons (Fsp3) is 0.226. The summed E-state index contributed by atoms with van der Waals surface area (Å²) in [7, 11) is 1.60. The summed E-state index contributed by atoms with van der Waals surface area (Å²) in [5.41, 5.74) is 4.73. The van der Waals surface area contributed by atoms with Crippen molar-refractivity contribution in [1.82, 2.24) is 14.4 Å². The standard InChI is InChI=1S/C31H30FN3O3/c1-21-8-4-5-9-25(21)30(36)33-16-18-34(19-17-33)31(37)26-20-29(23-12-14-24(38-3)15-13-23)35(22(26)2)28-11-7-6-10-27(28)32/h4-15,20H,16-19H2,1-3H3. The van der Waals surface area contributed by atoms with Crippen molar-refractivity contribution < 1.29 is 18.7 Å². The predicted octanol–water partition coefficient (Wildman–Crippen LogP) is 5.51. The van der Waals surface area contributed by atoms with Crippen molar-refractivity contribution in [2.45, 2.75) is 13.8 Å². The average molecular weight is 512 g/mol. The number of benzene rings is 3. The SMILES string of the molecule is COc1ccc(-c2cc(C(=O)N3CCN(C(=O)c4ccccc4C)CC3)c(C)n2-c2ccccc2F)cc1. The van der Waals surface area contributed by atoms with Crippen molar-refractivity contribution in [1.29, 1.82) is 0 Å². The van der Waals surface area contributed by atoms with Crippen molar-refractivity contribution in [2.24, 2.45) is 0 Å². The molecule has 1 fully saturated rings. The zero-order valence-electron chi connectivity index (χ0n) is 21.8. The summed E-state index contributed by atoms with van der Waals surface area (Å²) in [6, 6.07) is 23.4. The van der Waals surface area contributed by atoms with Gasteiger partial charge in [0.15, 0.2) is 0 Å². The first-order chi connectivity index (χ1) is 18.4. The molecule has 2 amide bonds. The van der Waals surface area contributed by atoms with Crippen molar-refractivity contribution in [3.8, 4) is 22.7 Å². The molecule has 0 aliphatic carbocycles. The predicted molar refractivity (Wildman–Crippen MR) is 145 cm³/mol. The van der Waals surface area contributed by atoms with Crippen LogP contribution in [0.1, 0.15) is 32.0 Å². The van der Waals surface area contributed by atoms with Crippen LogP contribution < -0.4 is 4.74 Å². The quantitative estimate of drug-likeness (QED) is 0.355. The lowest BCUT2D eigenvalue weighted by Gasteiger charge is -2.35. The number of methoxy groups -OCH3 is 1. The number of amides is 2. The van der Waals surface area contributed by atoms with Crippen molar-refractivity contribution in [2.75, 3.05) is 33.3 Å². The minimum absolute atomic E-state index is 0.0149. The Balaban J connectivity index is 1.44. The molecule has 0 atom stereocenters. The number of para-hydroxylation sites is 1. The number of hydrogen-bond donors (Lipinski definition) is 0. The fourth-order valence-electron chi connectivity index (χ4n) is 5.01. The average Bonchev–Trinajstić information content (AvgIpc) is 3.29. The first-order valence-corrected chi connectivity index (χ1v) is 12.6. The van der Waals surface area contributed by atoms with Gasteiger partial charge < -0.3 is 19.1 Å². The Morgan fingerprint density at radius 2 is 1.34 bits per heavy atom. The van der Waals surface area contributed by atoms with Crippen LogP contribution in [0.25, 0.3) is 16.9 Å². The zero-order valence-corrected chi connectivity index (χ0v) is 21.8. The van der Waals surface area contributed by atoms with Gasteiger partial charge in [-0.15, -0.1) is 0 Å². The molecular weight excluding hydrogens is 481 g/mol. The Morgan fingerprint density at radius 1 is 0.763 bits per heavy atom. The van der Waals surface area contributed by atoms with Gasteiger partial charge in [0.1, 0.15) is 11.6 Å². The summed E-state index contributed by atoms with van der Waals surface area (Å²) in [6.07, 6.45) is 0. The van der Waals surface area contributed by atoms with E-state index in [4.69, 9.17) is 4.74 Å². The third kappa shape index (κ3) is 4.67. The second kappa shape index (κ2) is 10.5. The van der Waals surface area contributed by atoms with E-state index >= 15 is 0 Å². The van der Waals surface area contributed by atoms with Gasteiger partial charge in [0.2, 0.25) is 0 Å². The molecule has 0 radical (unpaired) electrons. The number of piperazine rings is 1. The van der Waals surface area contributed by atoms with Gasteiger partial charge in [-0.1, -0.05) is 30.3 Å². The van der Waals surface area contributed by atoms with E-state index in [0.717, 1.165) is 11.1 Å². The van der Waals surface area contributed by atoms with Gasteiger partial charge in [-0.25, -0.2) is 4.39 Å². The second-order valence-corrected chi connectivity index (χ2v) is 9.44. The number of carbonyl (C=O) groups excluding carboxylic acids is 2. The molecule has 5 rings (SSSR count). The van der Waals surface area contributed by atoms with Crippen LogP contribution in [0.2, 0.25) is 0 Å². The Hall–Kier alpha value is -4.39. The van der Waals surface area contributed by atoms with Gasteiger partial charge in [0, 0.05) is 37.4 Å². The van der Waals surface area contributed by atoms with Crippen LogP contribution in [0, 0.1) is 19.7 Å². The minimum Gasteiger partial charge on any atom is -0.497 e. The molecule has 3 aromatic carbocycles. The van der Waals surface area contributed by atoms with Crippen LogP contribution in [-0.2, 0) is 0 Å². The summed E-state index contributed by atoms with van der Waals surface area (Å²) in [5.74, 6) is 0.196. The lowest BCUT2D eigenvalue weighted by molar-refractivity contribution is 0.0534. The maximum absolute atomic E-state index is 14.9. The molecule has 0 N–H and O–H groups in total. The molecule has 4 aromatic rings. The maximum atomic E-state index is 14.9. The van der Waals surface area contributed by atoms with E-state index in [9.17, 15) is 14.0 Å². The van der Waals surface area contributed by atoms with Crippen LogP contribution >= 0.6 is 0 Å². The summed E-state index contributed by atoms with van der Waals surface area (Å²) in [5, 5.41) is 0. The Morgan fingerprint density at radius 3 is 1.95 bits per heavy atom. The molecule has 38 heavy (non-hydrogen) atoms. The van der Waals surface area contributed by atoms with E-state index < -0.39 is 0 Å². The highest BCUT2D eigenvalue weighted by Gasteiger charge is 2.29. The Bertz CT molecular complexity index is 1480. The monoisotopic (exact) mass is 511 g/mol. The van der Waals surface area contributed by atoms with Gasteiger partial charge in [-0.2, -0.15) is 0 Å². The molecule has 1 aromatic heterocycles. The molecule has 0 saturated carbocycles. The second-order valence-electron chi connectivity index (χ2n) is 9.44. The van der Waals surface area contributed by atoms with Gasteiger partial charge in [-0.05, 0) is 73.5 Å². The third-order valence-electron chi connectivity index (χ3n) is 7.19. The largest absolute Gasteiger partial charge is 0.497 e. The molecule has 2 heterocycles. The van der Waals surface area contributed by atoms with Crippen LogP contribution in [0.3, 0.4) is 0 Å². The van der Waals surface area contributed by atoms with Gasteiger partial charge >= 0.3 is 0 Å². The normalized spacial score (nSPS) is 13.5. The third-order valence-corrected chi connectivity index (χ3v) is 7.19. The first-order valence-electron chi connectivity index (χ1n) is 12.6. The maximum Gasteiger partial charge on any atom is 0.255 e. The number of carbonyl (C=O) groups is 2. The van der Waals surface area contributed by atoms with E-state index in [-0.39, 0.29) is 17.6 Å². The van der Waals surface area contributed by atoms with Crippen LogP contribution in [0.4, 0.5) is 4.39 Å². The van der Waals surface area contributed by atoms with Crippen LogP contribution in [-0.4, -0.2) is 59.5 Å². The van der Waals surface area contributed by atoms with E-state index in [1.807, 2.05) is 68.4 Å². The van der Waals surface area contributed by atoms with E-state index in [1.54, 1.807) is 39.7 Å². The smallest absolute Gasteiger partial charge is 0.255 e. The van der Waals surface area contributed by atoms with E-state index in [0.29, 0.717) is 60.1 Å². The Kier molecular flexibility index (Phi) is 7.01. The number of aryl methyl sites for hydroxylation is 1. The number of aromatic nitrogens is 1. The molecule has 0 bridgehead atoms. The van der Waals surface area contributed by atoms with Gasteiger partial charge in [0.05, 0.1) is 24.1 Å². The number of ether oxygens (including phenoxy) is 1. The highest BCUT2D eigenvalue weighted by molar-refractivity contribution is 5.98. The topological polar surface area (TPSA) is 54.8 Å². The van der Waals surface area contributed by atoms with Crippen LogP contribution in [0.15, 0.2) is 78.9 Å². The summed E-state index contributed by atoms with van der Waals surface area (Å²) >= 11 is 0. The molecule has 1 aliphatic heterocycles. The van der Waals surface area contributed by atoms with Crippen molar-refractivity contribution in [3.05, 3.63) is 107 Å². The van der Waals surface area contributed by atoms with Gasteiger partial charge in [-0.3, -0.25) is 9.59 Å². The zero-order chi connectivity index (χ0) is 26.8. The number of nitrogens with zero attached hydrogens (tertiary/aromatic N) is 3. The molecular formula is C31H30FN3O3. The van der Waals surface area contributed by atoms with Gasteiger partial charge in [0.25, 0.3) is 11.8 Å². The molecule has 7 heteroatoms. The first kappa shape index (κ1) is 25.3. The van der Waals surface area contributed by atoms with E-state index in [1.165, 1.54) is 6.07 Å². The van der Waals surface area contributed by atoms with Crippen molar-refractivity contribution >= 4 is 11.8 Å². The number of rotatable bonds is 5. The van der Waals surface area contributed by atoms with Crippen molar-refractivity contribution in [3.63, 3.8) is 0 Å². The summed E-state index contributed by atoms with van der Waals surface area (Å²) in [4.78, 5) is 30.3. The molecule has 1 saturated heterocycles. The fourth-order valence-corrected chi connectivity index (χ4v) is 5.01. The molecule has 1 aliphatic rings. The molecule has 0 spiro atoms. The molecule has 6 nitrogen and oxygen atoms in total. The van der Waals surface area contributed by atoms with Crippen LogP contribution in [0.5, 0.6) is 5.75 Å². The van der Waals surface area contributed by atoms with E-state index in [2.05, 4.69) is 0 Å². The number of halogens is 1. The minimum atomic E-state index is -0.372. The lowest BCUT2D eigenvalue weighted by atomic mass is 10.1.